The number of non-ortho nitro benzene ring substituents is 1. The lowest BCUT2D eigenvalue weighted by atomic mass is 10.2. The highest BCUT2D eigenvalue weighted by molar-refractivity contribution is 5.90. The number of amides is 1. The van der Waals surface area contributed by atoms with Crippen molar-refractivity contribution in [1.82, 2.24) is 9.78 Å². The van der Waals surface area contributed by atoms with Crippen molar-refractivity contribution < 1.29 is 14.5 Å². The SMILES string of the molecule is Cc1cccc(OCCCC(=O)Nc2cc(C)nn2-c2ccc([N+](=O)[O-])cc2)c1. The van der Waals surface area contributed by atoms with E-state index in [1.54, 1.807) is 22.9 Å². The van der Waals surface area contributed by atoms with E-state index in [1.807, 2.05) is 38.1 Å². The number of rotatable bonds is 8. The van der Waals surface area contributed by atoms with Crippen molar-refractivity contribution in [3.05, 3.63) is 76.0 Å². The third-order valence-electron chi connectivity index (χ3n) is 4.21. The van der Waals surface area contributed by atoms with Crippen LogP contribution in [0.1, 0.15) is 24.1 Å². The van der Waals surface area contributed by atoms with E-state index in [0.29, 0.717) is 31.0 Å². The van der Waals surface area contributed by atoms with E-state index in [-0.39, 0.29) is 11.6 Å². The summed E-state index contributed by atoms with van der Waals surface area (Å²) < 4.78 is 7.22. The first-order chi connectivity index (χ1) is 13.9. The van der Waals surface area contributed by atoms with Crippen LogP contribution in [-0.2, 0) is 4.79 Å². The van der Waals surface area contributed by atoms with E-state index in [2.05, 4.69) is 10.4 Å². The molecule has 8 nitrogen and oxygen atoms in total. The molecular weight excluding hydrogens is 372 g/mol. The number of aromatic nitrogens is 2. The highest BCUT2D eigenvalue weighted by atomic mass is 16.6. The van der Waals surface area contributed by atoms with Gasteiger partial charge in [0.15, 0.2) is 0 Å². The highest BCUT2D eigenvalue weighted by Crippen LogP contribution is 2.20. The van der Waals surface area contributed by atoms with Crippen LogP contribution in [-0.4, -0.2) is 27.2 Å². The van der Waals surface area contributed by atoms with Gasteiger partial charge in [0.25, 0.3) is 5.69 Å². The van der Waals surface area contributed by atoms with Gasteiger partial charge in [-0.3, -0.25) is 14.9 Å². The van der Waals surface area contributed by atoms with Crippen LogP contribution in [0.4, 0.5) is 11.5 Å². The van der Waals surface area contributed by atoms with Gasteiger partial charge in [-0.25, -0.2) is 4.68 Å². The van der Waals surface area contributed by atoms with Gasteiger partial charge < -0.3 is 10.1 Å². The predicted octanol–water partition coefficient (Wildman–Crippen LogP) is 4.20. The summed E-state index contributed by atoms with van der Waals surface area (Å²) in [5.41, 5.74) is 2.47. The second kappa shape index (κ2) is 9.01. The first-order valence-electron chi connectivity index (χ1n) is 9.23. The number of benzene rings is 2. The molecule has 0 aliphatic heterocycles. The van der Waals surface area contributed by atoms with Gasteiger partial charge in [0, 0.05) is 24.6 Å². The minimum atomic E-state index is -0.459. The molecule has 0 saturated carbocycles. The number of anilines is 1. The molecule has 0 aliphatic carbocycles. The van der Waals surface area contributed by atoms with Crippen molar-refractivity contribution in [3.63, 3.8) is 0 Å². The van der Waals surface area contributed by atoms with Gasteiger partial charge in [0.1, 0.15) is 11.6 Å². The number of nitrogens with one attached hydrogen (secondary N) is 1. The summed E-state index contributed by atoms with van der Waals surface area (Å²) in [6.45, 7) is 4.25. The Kier molecular flexibility index (Phi) is 6.23. The number of hydrogen-bond acceptors (Lipinski definition) is 5. The average molecular weight is 394 g/mol. The normalized spacial score (nSPS) is 10.6. The maximum absolute atomic E-state index is 12.3. The fraction of sp³-hybridized carbons (Fsp3) is 0.238. The Labute approximate surface area is 168 Å². The maximum atomic E-state index is 12.3. The van der Waals surface area contributed by atoms with E-state index < -0.39 is 4.92 Å². The first-order valence-corrected chi connectivity index (χ1v) is 9.23. The molecule has 29 heavy (non-hydrogen) atoms. The van der Waals surface area contributed by atoms with Crippen LogP contribution < -0.4 is 10.1 Å². The summed E-state index contributed by atoms with van der Waals surface area (Å²) in [5.74, 6) is 1.15. The standard InChI is InChI=1S/C21H22N4O4/c1-15-5-3-6-19(13-15)29-12-4-7-21(26)22-20-14-16(2)23-24(20)17-8-10-18(11-9-17)25(27)28/h3,5-6,8-11,13-14H,4,7,12H2,1-2H3,(H,22,26). The highest BCUT2D eigenvalue weighted by Gasteiger charge is 2.12. The molecule has 0 aliphatic rings. The van der Waals surface area contributed by atoms with Gasteiger partial charge >= 0.3 is 0 Å². The molecule has 150 valence electrons. The monoisotopic (exact) mass is 394 g/mol. The summed E-state index contributed by atoms with van der Waals surface area (Å²) in [6.07, 6.45) is 0.876. The van der Waals surface area contributed by atoms with Crippen molar-refractivity contribution in [3.8, 4) is 11.4 Å². The molecule has 0 radical (unpaired) electrons. The van der Waals surface area contributed by atoms with Crippen molar-refractivity contribution in [2.75, 3.05) is 11.9 Å². The third-order valence-corrected chi connectivity index (χ3v) is 4.21. The van der Waals surface area contributed by atoms with Crippen LogP contribution in [0.15, 0.2) is 54.6 Å². The van der Waals surface area contributed by atoms with Crippen molar-refractivity contribution in [2.24, 2.45) is 0 Å². The lowest BCUT2D eigenvalue weighted by Gasteiger charge is -2.09. The summed E-state index contributed by atoms with van der Waals surface area (Å²) in [4.78, 5) is 22.7. The Morgan fingerprint density at radius 1 is 1.17 bits per heavy atom. The fourth-order valence-corrected chi connectivity index (χ4v) is 2.83. The number of nitro groups is 1. The smallest absolute Gasteiger partial charge is 0.269 e. The van der Waals surface area contributed by atoms with Crippen molar-refractivity contribution >= 4 is 17.4 Å². The molecule has 0 fully saturated rings. The van der Waals surface area contributed by atoms with Crippen molar-refractivity contribution in [1.29, 1.82) is 0 Å². The number of ether oxygens (including phenoxy) is 1. The first kappa shape index (κ1) is 20.1. The number of carbonyl (C=O) groups is 1. The second-order valence-electron chi connectivity index (χ2n) is 6.67. The Morgan fingerprint density at radius 3 is 2.62 bits per heavy atom. The zero-order valence-corrected chi connectivity index (χ0v) is 16.3. The van der Waals surface area contributed by atoms with Crippen LogP contribution >= 0.6 is 0 Å². The predicted molar refractivity (Wildman–Crippen MR) is 109 cm³/mol. The maximum Gasteiger partial charge on any atom is 0.269 e. The van der Waals surface area contributed by atoms with Crippen LogP contribution in [0.2, 0.25) is 0 Å². The summed E-state index contributed by atoms with van der Waals surface area (Å²) in [7, 11) is 0. The second-order valence-corrected chi connectivity index (χ2v) is 6.67. The van der Waals surface area contributed by atoms with Gasteiger partial charge in [-0.2, -0.15) is 5.10 Å². The zero-order valence-electron chi connectivity index (χ0n) is 16.3. The van der Waals surface area contributed by atoms with Crippen molar-refractivity contribution in [2.45, 2.75) is 26.7 Å². The summed E-state index contributed by atoms with van der Waals surface area (Å²) in [6, 6.07) is 15.5. The van der Waals surface area contributed by atoms with Gasteiger partial charge in [-0.05, 0) is 50.1 Å². The summed E-state index contributed by atoms with van der Waals surface area (Å²) >= 11 is 0. The Morgan fingerprint density at radius 2 is 1.93 bits per heavy atom. The van der Waals surface area contributed by atoms with E-state index in [1.165, 1.54) is 12.1 Å². The van der Waals surface area contributed by atoms with Crippen LogP contribution in [0.25, 0.3) is 5.69 Å². The van der Waals surface area contributed by atoms with E-state index in [9.17, 15) is 14.9 Å². The number of nitro benzene ring substituents is 1. The molecule has 0 saturated heterocycles. The van der Waals surface area contributed by atoms with Gasteiger partial charge in [-0.1, -0.05) is 12.1 Å². The van der Waals surface area contributed by atoms with Gasteiger partial charge in [-0.15, -0.1) is 0 Å². The summed E-state index contributed by atoms with van der Waals surface area (Å²) in [5, 5.41) is 18.0. The lowest BCUT2D eigenvalue weighted by molar-refractivity contribution is -0.384. The Balaban J connectivity index is 1.57. The number of nitrogens with zero attached hydrogens (tertiary/aromatic N) is 3. The van der Waals surface area contributed by atoms with Crippen LogP contribution in [0.3, 0.4) is 0 Å². The quantitative estimate of drug-likeness (QED) is 0.351. The molecule has 3 rings (SSSR count). The molecule has 1 heterocycles. The molecule has 0 bridgehead atoms. The third kappa shape index (κ3) is 5.41. The molecule has 1 amide bonds. The number of carbonyl (C=O) groups excluding carboxylic acids is 1. The minimum Gasteiger partial charge on any atom is -0.494 e. The fourth-order valence-electron chi connectivity index (χ4n) is 2.83. The van der Waals surface area contributed by atoms with Gasteiger partial charge in [0.05, 0.1) is 22.9 Å². The van der Waals surface area contributed by atoms with E-state index in [0.717, 1.165) is 17.0 Å². The minimum absolute atomic E-state index is 0.00294. The average Bonchev–Trinajstić information content (AvgIpc) is 3.05. The Bertz CT molecular complexity index is 1010. The molecule has 1 aromatic heterocycles. The lowest BCUT2D eigenvalue weighted by Crippen LogP contribution is -2.15. The zero-order chi connectivity index (χ0) is 20.8. The largest absolute Gasteiger partial charge is 0.494 e. The van der Waals surface area contributed by atoms with E-state index >= 15 is 0 Å². The van der Waals surface area contributed by atoms with E-state index in [4.69, 9.17) is 4.74 Å². The van der Waals surface area contributed by atoms with Gasteiger partial charge in [0.2, 0.25) is 5.91 Å². The van der Waals surface area contributed by atoms with Crippen LogP contribution in [0, 0.1) is 24.0 Å². The molecule has 1 N–H and O–H groups in total. The molecule has 0 spiro atoms. The molecule has 0 atom stereocenters. The Hall–Kier alpha value is -3.68. The molecule has 3 aromatic rings. The topological polar surface area (TPSA) is 99.3 Å². The number of aryl methyl sites for hydroxylation is 2. The molecule has 2 aromatic carbocycles. The number of hydrogen-bond donors (Lipinski definition) is 1. The molecule has 8 heteroatoms. The molecule has 0 unspecified atom stereocenters. The van der Waals surface area contributed by atoms with Crippen LogP contribution in [0.5, 0.6) is 5.75 Å². The molecular formula is C21H22N4O4.